The molecule has 0 bridgehead atoms. The van der Waals surface area contributed by atoms with Gasteiger partial charge in [0.15, 0.2) is 0 Å². The Morgan fingerprint density at radius 3 is 2.69 bits per heavy atom. The second kappa shape index (κ2) is 6.93. The minimum atomic E-state index is -4.41. The Kier molecular flexibility index (Phi) is 4.67. The van der Waals surface area contributed by atoms with E-state index in [9.17, 15) is 23.1 Å². The van der Waals surface area contributed by atoms with Crippen molar-refractivity contribution in [2.24, 2.45) is 0 Å². The first-order chi connectivity index (χ1) is 13.7. The summed E-state index contributed by atoms with van der Waals surface area (Å²) in [6, 6.07) is 7.60. The van der Waals surface area contributed by atoms with Crippen molar-refractivity contribution in [3.05, 3.63) is 53.2 Å². The molecular weight excluding hydrogens is 385 g/mol. The fraction of sp³-hybridized carbons (Fsp3) is 0.429. The zero-order valence-electron chi connectivity index (χ0n) is 15.9. The number of alkyl halides is 3. The van der Waals surface area contributed by atoms with Crippen molar-refractivity contribution in [3.63, 3.8) is 0 Å². The molecule has 2 unspecified atom stereocenters. The van der Waals surface area contributed by atoms with E-state index < -0.39 is 23.3 Å². The number of halogens is 3. The summed E-state index contributed by atoms with van der Waals surface area (Å²) in [5.74, 6) is -0.0688. The summed E-state index contributed by atoms with van der Waals surface area (Å²) in [5, 5.41) is 9.47. The Hall–Kier alpha value is -2.77. The number of aromatic carboxylic acids is 1. The smallest absolute Gasteiger partial charge is 0.417 e. The summed E-state index contributed by atoms with van der Waals surface area (Å²) in [5.41, 5.74) is -0.174. The number of carboxylic acids is 1. The average Bonchev–Trinajstić information content (AvgIpc) is 2.67. The molecule has 29 heavy (non-hydrogen) atoms. The highest BCUT2D eigenvalue weighted by molar-refractivity contribution is 5.91. The number of para-hydroxylation sites is 1. The molecule has 2 atom stereocenters. The number of nitrogens with zero attached hydrogens (tertiary/aromatic N) is 2. The topological polar surface area (TPSA) is 62.7 Å². The number of piperidine rings is 1. The predicted octanol–water partition coefficient (Wildman–Crippen LogP) is 4.55. The predicted molar refractivity (Wildman–Crippen MR) is 100 cm³/mol. The first-order valence-electron chi connectivity index (χ1n) is 9.53. The van der Waals surface area contributed by atoms with Crippen LogP contribution < -0.4 is 9.64 Å². The van der Waals surface area contributed by atoms with Crippen molar-refractivity contribution in [2.45, 2.75) is 50.4 Å². The van der Waals surface area contributed by atoms with Gasteiger partial charge in [-0.05, 0) is 43.5 Å². The van der Waals surface area contributed by atoms with Crippen LogP contribution in [0.15, 0.2) is 36.5 Å². The van der Waals surface area contributed by atoms with Gasteiger partial charge in [0.1, 0.15) is 22.7 Å². The summed E-state index contributed by atoms with van der Waals surface area (Å²) < 4.78 is 44.6. The van der Waals surface area contributed by atoms with Crippen LogP contribution in [-0.2, 0) is 12.6 Å². The van der Waals surface area contributed by atoms with Crippen LogP contribution in [0.5, 0.6) is 5.75 Å². The minimum absolute atomic E-state index is 0.00785. The SMILES string of the molecule is CC1CC2(CCc3cccc(C(=O)O)c3O2)CCN1c1ccc(C(F)(F)F)cn1. The number of anilines is 1. The molecular formula is C21H21F3N2O3. The lowest BCUT2D eigenvalue weighted by Crippen LogP contribution is -2.54. The van der Waals surface area contributed by atoms with Crippen LogP contribution in [0.4, 0.5) is 19.0 Å². The van der Waals surface area contributed by atoms with Crippen LogP contribution >= 0.6 is 0 Å². The van der Waals surface area contributed by atoms with E-state index in [2.05, 4.69) is 4.98 Å². The van der Waals surface area contributed by atoms with Gasteiger partial charge in [-0.2, -0.15) is 13.2 Å². The lowest BCUT2D eigenvalue weighted by atomic mass is 9.80. The van der Waals surface area contributed by atoms with Crippen LogP contribution in [0, 0.1) is 0 Å². The van der Waals surface area contributed by atoms with Crippen molar-refractivity contribution in [1.82, 2.24) is 4.98 Å². The number of ether oxygens (including phenoxy) is 1. The fourth-order valence-electron chi connectivity index (χ4n) is 4.38. The molecule has 154 valence electrons. The Bertz CT molecular complexity index is 930. The second-order valence-corrected chi connectivity index (χ2v) is 7.78. The maximum absolute atomic E-state index is 12.8. The van der Waals surface area contributed by atoms with Crippen LogP contribution in [0.3, 0.4) is 0 Å². The lowest BCUT2D eigenvalue weighted by molar-refractivity contribution is -0.137. The molecule has 1 saturated heterocycles. The number of fused-ring (bicyclic) bond motifs is 1. The van der Waals surface area contributed by atoms with Gasteiger partial charge in [0, 0.05) is 31.6 Å². The molecule has 0 saturated carbocycles. The molecule has 0 aliphatic carbocycles. The molecule has 1 spiro atoms. The molecule has 5 nitrogen and oxygen atoms in total. The van der Waals surface area contributed by atoms with Crippen LogP contribution in [0.25, 0.3) is 0 Å². The molecule has 2 aliphatic rings. The van der Waals surface area contributed by atoms with Crippen LogP contribution in [-0.4, -0.2) is 34.2 Å². The number of pyridine rings is 1. The number of hydrogen-bond donors (Lipinski definition) is 1. The van der Waals surface area contributed by atoms with Crippen molar-refractivity contribution in [1.29, 1.82) is 0 Å². The summed E-state index contributed by atoms with van der Waals surface area (Å²) in [7, 11) is 0. The summed E-state index contributed by atoms with van der Waals surface area (Å²) in [6.07, 6.45) is -0.743. The van der Waals surface area contributed by atoms with Gasteiger partial charge in [0.05, 0.1) is 5.56 Å². The van der Waals surface area contributed by atoms with Crippen molar-refractivity contribution in [3.8, 4) is 5.75 Å². The molecule has 1 fully saturated rings. The van der Waals surface area contributed by atoms with Gasteiger partial charge >= 0.3 is 12.1 Å². The third-order valence-electron chi connectivity index (χ3n) is 5.87. The average molecular weight is 406 g/mol. The fourth-order valence-corrected chi connectivity index (χ4v) is 4.38. The molecule has 0 radical (unpaired) electrons. The van der Waals surface area contributed by atoms with Gasteiger partial charge in [-0.1, -0.05) is 12.1 Å². The van der Waals surface area contributed by atoms with Gasteiger partial charge in [-0.15, -0.1) is 0 Å². The van der Waals surface area contributed by atoms with Crippen molar-refractivity contribution < 1.29 is 27.8 Å². The standard InChI is InChI=1S/C21H21F3N2O3/c1-13-11-20(8-7-14-3-2-4-16(19(27)28)18(14)29-20)9-10-26(13)17-6-5-15(12-25-17)21(22,23)24/h2-6,12-13H,7-11H2,1H3,(H,27,28). The van der Waals surface area contributed by atoms with E-state index >= 15 is 0 Å². The molecule has 2 aromatic rings. The van der Waals surface area contributed by atoms with E-state index in [1.54, 1.807) is 12.1 Å². The number of benzene rings is 1. The highest BCUT2D eigenvalue weighted by Gasteiger charge is 2.43. The van der Waals surface area contributed by atoms with Crippen LogP contribution in [0.1, 0.15) is 47.7 Å². The largest absolute Gasteiger partial charge is 0.486 e. The van der Waals surface area contributed by atoms with E-state index in [1.165, 1.54) is 6.07 Å². The molecule has 8 heteroatoms. The third-order valence-corrected chi connectivity index (χ3v) is 5.87. The van der Waals surface area contributed by atoms with Gasteiger partial charge in [0.2, 0.25) is 0 Å². The normalized spacial score (nSPS) is 24.1. The Morgan fingerprint density at radius 1 is 1.28 bits per heavy atom. The highest BCUT2D eigenvalue weighted by Crippen LogP contribution is 2.43. The summed E-state index contributed by atoms with van der Waals surface area (Å²) >= 11 is 0. The van der Waals surface area contributed by atoms with E-state index in [0.717, 1.165) is 30.7 Å². The van der Waals surface area contributed by atoms with E-state index in [4.69, 9.17) is 4.74 Å². The second-order valence-electron chi connectivity index (χ2n) is 7.78. The number of hydrogen-bond acceptors (Lipinski definition) is 4. The van der Waals surface area contributed by atoms with Crippen LogP contribution in [0.2, 0.25) is 0 Å². The van der Waals surface area contributed by atoms with E-state index in [-0.39, 0.29) is 11.6 Å². The number of carboxylic acid groups (broad SMARTS) is 1. The third kappa shape index (κ3) is 3.63. The van der Waals surface area contributed by atoms with E-state index in [1.807, 2.05) is 17.9 Å². The number of aromatic nitrogens is 1. The first-order valence-corrected chi connectivity index (χ1v) is 9.53. The van der Waals surface area contributed by atoms with Gasteiger partial charge < -0.3 is 14.7 Å². The maximum atomic E-state index is 12.8. The Morgan fingerprint density at radius 2 is 2.07 bits per heavy atom. The molecule has 1 aromatic heterocycles. The number of rotatable bonds is 2. The molecule has 0 amide bonds. The van der Waals surface area contributed by atoms with E-state index in [0.29, 0.717) is 31.0 Å². The van der Waals surface area contributed by atoms with Crippen molar-refractivity contribution in [2.75, 3.05) is 11.4 Å². The highest BCUT2D eigenvalue weighted by atomic mass is 19.4. The maximum Gasteiger partial charge on any atom is 0.417 e. The lowest BCUT2D eigenvalue weighted by Gasteiger charge is -2.48. The monoisotopic (exact) mass is 406 g/mol. The zero-order chi connectivity index (χ0) is 20.8. The molecule has 2 aliphatic heterocycles. The summed E-state index contributed by atoms with van der Waals surface area (Å²) in [4.78, 5) is 17.6. The Balaban J connectivity index is 1.53. The first kappa shape index (κ1) is 19.5. The molecule has 3 heterocycles. The molecule has 1 N–H and O–H groups in total. The van der Waals surface area contributed by atoms with Gasteiger partial charge in [0.25, 0.3) is 0 Å². The van der Waals surface area contributed by atoms with Gasteiger partial charge in [-0.3, -0.25) is 0 Å². The quantitative estimate of drug-likeness (QED) is 0.793. The number of aryl methyl sites for hydroxylation is 1. The molecule has 4 rings (SSSR count). The minimum Gasteiger partial charge on any atom is -0.486 e. The number of carbonyl (C=O) groups is 1. The van der Waals surface area contributed by atoms with Crippen molar-refractivity contribution >= 4 is 11.8 Å². The molecule has 1 aromatic carbocycles. The summed E-state index contributed by atoms with van der Waals surface area (Å²) in [6.45, 7) is 2.56. The van der Waals surface area contributed by atoms with Gasteiger partial charge in [-0.25, -0.2) is 9.78 Å². The Labute approximate surface area is 166 Å². The zero-order valence-corrected chi connectivity index (χ0v) is 15.9.